The molecule has 2 aliphatic heterocycles. The van der Waals surface area contributed by atoms with Gasteiger partial charge in [-0.15, -0.1) is 0 Å². The zero-order valence-electron chi connectivity index (χ0n) is 20.0. The third kappa shape index (κ3) is 6.30. The van der Waals surface area contributed by atoms with Crippen molar-refractivity contribution in [1.29, 1.82) is 0 Å². The molecule has 0 aliphatic carbocycles. The number of nitrogens with zero attached hydrogens (tertiary/aromatic N) is 4. The summed E-state index contributed by atoms with van der Waals surface area (Å²) in [6.07, 6.45) is 4.02. The molecule has 2 aliphatic rings. The number of benzene rings is 1. The Kier molecular flexibility index (Phi) is 8.08. The van der Waals surface area contributed by atoms with Gasteiger partial charge in [0.2, 0.25) is 5.91 Å². The molecule has 1 saturated heterocycles. The van der Waals surface area contributed by atoms with E-state index in [1.54, 1.807) is 20.1 Å². The predicted octanol–water partition coefficient (Wildman–Crippen LogP) is 1.70. The highest BCUT2D eigenvalue weighted by Crippen LogP contribution is 2.19. The number of anilines is 1. The summed E-state index contributed by atoms with van der Waals surface area (Å²) < 4.78 is 5.65. The van der Waals surface area contributed by atoms with Crippen molar-refractivity contribution in [2.75, 3.05) is 45.2 Å². The fraction of sp³-hybridized carbons (Fsp3) is 0.520. The van der Waals surface area contributed by atoms with Gasteiger partial charge in [0.15, 0.2) is 0 Å². The van der Waals surface area contributed by atoms with Gasteiger partial charge in [0.1, 0.15) is 17.8 Å². The summed E-state index contributed by atoms with van der Waals surface area (Å²) in [5.74, 6) is 0.485. The molecule has 34 heavy (non-hydrogen) atoms. The summed E-state index contributed by atoms with van der Waals surface area (Å²) >= 11 is 0. The van der Waals surface area contributed by atoms with Crippen molar-refractivity contribution < 1.29 is 14.3 Å². The highest BCUT2D eigenvalue weighted by atomic mass is 16.5. The smallest absolute Gasteiger partial charge is 0.270 e. The fourth-order valence-corrected chi connectivity index (χ4v) is 4.63. The minimum absolute atomic E-state index is 0.110. The number of ether oxygens (including phenoxy) is 1. The highest BCUT2D eigenvalue weighted by molar-refractivity contribution is 5.92. The first kappa shape index (κ1) is 24.1. The zero-order chi connectivity index (χ0) is 23.9. The van der Waals surface area contributed by atoms with Gasteiger partial charge < -0.3 is 20.3 Å². The average Bonchev–Trinajstić information content (AvgIpc) is 2.86. The number of hydrogen-bond donors (Lipinski definition) is 2. The predicted molar refractivity (Wildman–Crippen MR) is 129 cm³/mol. The van der Waals surface area contributed by atoms with Gasteiger partial charge in [-0.3, -0.25) is 14.5 Å². The number of amides is 2. The lowest BCUT2D eigenvalue weighted by Gasteiger charge is -2.32. The normalized spacial score (nSPS) is 17.6. The first-order chi connectivity index (χ1) is 16.5. The molecule has 1 aromatic carbocycles. The Bertz CT molecular complexity index is 992. The molecule has 2 N–H and O–H groups in total. The summed E-state index contributed by atoms with van der Waals surface area (Å²) in [6.45, 7) is 6.10. The molecular weight excluding hydrogens is 432 g/mol. The van der Waals surface area contributed by atoms with Gasteiger partial charge in [0.25, 0.3) is 5.91 Å². The first-order valence-electron chi connectivity index (χ1n) is 12.0. The van der Waals surface area contributed by atoms with E-state index >= 15 is 0 Å². The molecule has 1 unspecified atom stereocenters. The van der Waals surface area contributed by atoms with Gasteiger partial charge in [0.05, 0.1) is 6.10 Å². The molecule has 1 fully saturated rings. The molecule has 9 heteroatoms. The number of fused-ring (bicyclic) bond motifs is 1. The lowest BCUT2D eigenvalue weighted by molar-refractivity contribution is -0.129. The van der Waals surface area contributed by atoms with E-state index < -0.39 is 0 Å². The van der Waals surface area contributed by atoms with Crippen molar-refractivity contribution in [3.63, 3.8) is 0 Å². The quantitative estimate of drug-likeness (QED) is 0.611. The van der Waals surface area contributed by atoms with Crippen LogP contribution < -0.4 is 10.6 Å². The molecule has 2 aromatic rings. The summed E-state index contributed by atoms with van der Waals surface area (Å²) in [5, 5.41) is 6.33. The molecule has 0 radical (unpaired) electrons. The van der Waals surface area contributed by atoms with Crippen LogP contribution >= 0.6 is 0 Å². The van der Waals surface area contributed by atoms with E-state index in [4.69, 9.17) is 4.74 Å². The average molecular weight is 467 g/mol. The Hall–Kier alpha value is -3.04. The number of piperidine rings is 1. The number of rotatable bonds is 8. The Morgan fingerprint density at radius 2 is 1.91 bits per heavy atom. The van der Waals surface area contributed by atoms with E-state index in [1.807, 2.05) is 4.90 Å². The van der Waals surface area contributed by atoms with E-state index in [9.17, 15) is 9.59 Å². The molecule has 182 valence electrons. The number of methoxy groups -OCH3 is 1. The molecule has 4 rings (SSSR count). The van der Waals surface area contributed by atoms with Gasteiger partial charge in [-0.2, -0.15) is 0 Å². The van der Waals surface area contributed by atoms with Crippen molar-refractivity contribution in [1.82, 2.24) is 25.1 Å². The lowest BCUT2D eigenvalue weighted by Crippen LogP contribution is -2.43. The summed E-state index contributed by atoms with van der Waals surface area (Å²) in [4.78, 5) is 36.9. The minimum atomic E-state index is -0.247. The van der Waals surface area contributed by atoms with Gasteiger partial charge in [0, 0.05) is 65.4 Å². The van der Waals surface area contributed by atoms with E-state index in [2.05, 4.69) is 49.8 Å². The third-order valence-corrected chi connectivity index (χ3v) is 6.69. The maximum absolute atomic E-state index is 12.7. The molecule has 0 spiro atoms. The van der Waals surface area contributed by atoms with Crippen molar-refractivity contribution >= 4 is 17.6 Å². The van der Waals surface area contributed by atoms with Gasteiger partial charge >= 0.3 is 0 Å². The van der Waals surface area contributed by atoms with Crippen LogP contribution in [0.2, 0.25) is 0 Å². The van der Waals surface area contributed by atoms with E-state index in [0.29, 0.717) is 18.1 Å². The van der Waals surface area contributed by atoms with Crippen molar-refractivity contribution in [3.8, 4) is 0 Å². The van der Waals surface area contributed by atoms with Gasteiger partial charge in [-0.05, 0) is 30.4 Å². The van der Waals surface area contributed by atoms with Crippen LogP contribution in [0.15, 0.2) is 36.7 Å². The van der Waals surface area contributed by atoms with Crippen LogP contribution in [-0.2, 0) is 22.5 Å². The van der Waals surface area contributed by atoms with E-state index in [0.717, 1.165) is 52.0 Å². The Labute approximate surface area is 200 Å². The molecule has 2 amide bonds. The number of likely N-dealkylation sites (tertiary alicyclic amines) is 1. The second-order valence-electron chi connectivity index (χ2n) is 9.03. The van der Waals surface area contributed by atoms with Crippen molar-refractivity contribution in [2.45, 2.75) is 44.9 Å². The SMILES string of the molecule is COC(CNC(=O)c1cc(NC2CCN(C(C)=O)CC2)ncn1)CN1CCc2ccccc2C1. The number of aromatic nitrogens is 2. The topological polar surface area (TPSA) is 99.7 Å². The van der Waals surface area contributed by atoms with E-state index in [1.165, 1.54) is 17.5 Å². The number of nitrogens with one attached hydrogen (secondary N) is 2. The molecule has 1 aromatic heterocycles. The summed E-state index contributed by atoms with van der Waals surface area (Å²) in [5.41, 5.74) is 3.10. The maximum Gasteiger partial charge on any atom is 0.270 e. The Balaban J connectivity index is 1.26. The maximum atomic E-state index is 12.7. The summed E-state index contributed by atoms with van der Waals surface area (Å²) in [7, 11) is 1.68. The van der Waals surface area contributed by atoms with Crippen LogP contribution in [0.25, 0.3) is 0 Å². The minimum Gasteiger partial charge on any atom is -0.378 e. The standard InChI is InChI=1S/C25H34N6O3/c1-18(32)31-11-8-21(9-12-31)29-24-13-23(27-17-28-24)25(33)26-14-22(34-2)16-30-10-7-19-5-3-4-6-20(19)15-30/h3-6,13,17,21-22H,7-12,14-16H2,1-2H3,(H,26,33)(H,27,28,29). The molecule has 0 saturated carbocycles. The first-order valence-corrected chi connectivity index (χ1v) is 12.0. The lowest BCUT2D eigenvalue weighted by atomic mass is 10.00. The molecular formula is C25H34N6O3. The number of carbonyl (C=O) groups excluding carboxylic acids is 2. The highest BCUT2D eigenvalue weighted by Gasteiger charge is 2.22. The fourth-order valence-electron chi connectivity index (χ4n) is 4.63. The van der Waals surface area contributed by atoms with Crippen LogP contribution in [0, 0.1) is 0 Å². The monoisotopic (exact) mass is 466 g/mol. The zero-order valence-corrected chi connectivity index (χ0v) is 20.0. The molecule has 0 bridgehead atoms. The van der Waals surface area contributed by atoms with Crippen molar-refractivity contribution in [2.24, 2.45) is 0 Å². The molecule has 1 atom stereocenters. The van der Waals surface area contributed by atoms with Crippen LogP contribution in [0.5, 0.6) is 0 Å². The summed E-state index contributed by atoms with van der Waals surface area (Å²) in [6, 6.07) is 10.4. The van der Waals surface area contributed by atoms with Crippen LogP contribution in [-0.4, -0.2) is 83.6 Å². The Morgan fingerprint density at radius 3 is 2.65 bits per heavy atom. The van der Waals surface area contributed by atoms with Crippen LogP contribution in [0.3, 0.4) is 0 Å². The number of hydrogen-bond acceptors (Lipinski definition) is 7. The largest absolute Gasteiger partial charge is 0.378 e. The second kappa shape index (κ2) is 11.4. The Morgan fingerprint density at radius 1 is 1.15 bits per heavy atom. The molecule has 9 nitrogen and oxygen atoms in total. The van der Waals surface area contributed by atoms with E-state index in [-0.39, 0.29) is 24.0 Å². The van der Waals surface area contributed by atoms with Crippen LogP contribution in [0.1, 0.15) is 41.4 Å². The van der Waals surface area contributed by atoms with Crippen LogP contribution in [0.4, 0.5) is 5.82 Å². The van der Waals surface area contributed by atoms with Crippen molar-refractivity contribution in [3.05, 3.63) is 53.5 Å². The molecule has 3 heterocycles. The van der Waals surface area contributed by atoms with Gasteiger partial charge in [-0.25, -0.2) is 9.97 Å². The number of carbonyl (C=O) groups is 2. The van der Waals surface area contributed by atoms with Gasteiger partial charge in [-0.1, -0.05) is 24.3 Å². The second-order valence-corrected chi connectivity index (χ2v) is 9.03. The third-order valence-electron chi connectivity index (χ3n) is 6.69.